The third-order valence-corrected chi connectivity index (χ3v) is 5.04. The Morgan fingerprint density at radius 3 is 2.62 bits per heavy atom. The number of halogens is 1. The van der Waals surface area contributed by atoms with E-state index in [1.807, 2.05) is 36.4 Å². The number of pyridine rings is 1. The molecule has 0 aliphatic carbocycles. The maximum Gasteiger partial charge on any atom is 0.123 e. The van der Waals surface area contributed by atoms with E-state index in [-0.39, 0.29) is 17.3 Å². The Morgan fingerprint density at radius 2 is 1.79 bits per heavy atom. The van der Waals surface area contributed by atoms with Crippen molar-refractivity contribution >= 4 is 16.6 Å². The molecule has 120 valence electrons. The monoisotopic (exact) mass is 318 g/mol. The van der Waals surface area contributed by atoms with Crippen molar-refractivity contribution in [3.8, 4) is 0 Å². The second-order valence-corrected chi connectivity index (χ2v) is 6.96. The van der Waals surface area contributed by atoms with Gasteiger partial charge >= 0.3 is 0 Å². The predicted molar refractivity (Wildman–Crippen MR) is 96.3 cm³/mol. The number of nitrogens with zero attached hydrogens (tertiary/aromatic N) is 2. The van der Waals surface area contributed by atoms with Crippen LogP contribution in [-0.4, -0.2) is 16.2 Å². The summed E-state index contributed by atoms with van der Waals surface area (Å²) in [7, 11) is 0. The summed E-state index contributed by atoms with van der Waals surface area (Å²) in [5.74, 6) is -0.0588. The summed E-state index contributed by atoms with van der Waals surface area (Å²) >= 11 is 0. The second-order valence-electron chi connectivity index (χ2n) is 6.96. The van der Waals surface area contributed by atoms with Crippen molar-refractivity contribution < 1.29 is 4.39 Å². The summed E-state index contributed by atoms with van der Waals surface area (Å²) < 4.78 is 13.8. The lowest BCUT2D eigenvalue weighted by Crippen LogP contribution is -2.33. The van der Waals surface area contributed by atoms with Crippen molar-refractivity contribution in [1.82, 2.24) is 4.98 Å². The van der Waals surface area contributed by atoms with Gasteiger partial charge < -0.3 is 0 Å². The number of aromatic nitrogens is 1. The van der Waals surface area contributed by atoms with Crippen molar-refractivity contribution in [2.45, 2.75) is 32.2 Å². The first-order chi connectivity index (χ1) is 11.5. The number of benzene rings is 2. The van der Waals surface area contributed by atoms with E-state index in [9.17, 15) is 4.39 Å². The summed E-state index contributed by atoms with van der Waals surface area (Å²) in [5.41, 5.74) is 4.30. The number of aliphatic imine (C=N–C) groups is 1. The van der Waals surface area contributed by atoms with Gasteiger partial charge in [0.05, 0.1) is 22.5 Å². The van der Waals surface area contributed by atoms with Crippen LogP contribution in [0.3, 0.4) is 0 Å². The number of rotatable bonds is 1. The van der Waals surface area contributed by atoms with Gasteiger partial charge in [-0.2, -0.15) is 0 Å². The average molecular weight is 318 g/mol. The largest absolute Gasteiger partial charge is 0.276 e. The van der Waals surface area contributed by atoms with Crippen molar-refractivity contribution in [2.75, 3.05) is 0 Å². The Bertz CT molecular complexity index is 972. The van der Waals surface area contributed by atoms with Gasteiger partial charge in [-0.15, -0.1) is 0 Å². The van der Waals surface area contributed by atoms with Crippen LogP contribution in [0.4, 0.5) is 4.39 Å². The SMILES string of the molecule is CC1c2cc(F)ccc2C(c2ccc3ccccc3n2)=NC1(C)C. The fraction of sp³-hybridized carbons (Fsp3) is 0.238. The van der Waals surface area contributed by atoms with Gasteiger partial charge in [0.1, 0.15) is 5.82 Å². The molecule has 24 heavy (non-hydrogen) atoms. The van der Waals surface area contributed by atoms with Crippen LogP contribution >= 0.6 is 0 Å². The fourth-order valence-electron chi connectivity index (χ4n) is 3.33. The van der Waals surface area contributed by atoms with Gasteiger partial charge in [0.2, 0.25) is 0 Å². The minimum atomic E-state index is -0.302. The number of hydrogen-bond donors (Lipinski definition) is 0. The Morgan fingerprint density at radius 1 is 1.00 bits per heavy atom. The smallest absolute Gasteiger partial charge is 0.123 e. The molecule has 0 bridgehead atoms. The minimum Gasteiger partial charge on any atom is -0.276 e. The third-order valence-electron chi connectivity index (χ3n) is 5.04. The molecule has 0 fully saturated rings. The van der Waals surface area contributed by atoms with Gasteiger partial charge in [0.25, 0.3) is 0 Å². The molecule has 2 heterocycles. The molecular weight excluding hydrogens is 299 g/mol. The van der Waals surface area contributed by atoms with Gasteiger partial charge in [-0.3, -0.25) is 4.99 Å². The molecule has 1 aliphatic rings. The van der Waals surface area contributed by atoms with Crippen LogP contribution in [0.1, 0.15) is 43.5 Å². The molecule has 1 aliphatic heterocycles. The van der Waals surface area contributed by atoms with Gasteiger partial charge in [0, 0.05) is 16.9 Å². The highest BCUT2D eigenvalue weighted by Gasteiger charge is 2.34. The highest BCUT2D eigenvalue weighted by molar-refractivity contribution is 6.14. The zero-order chi connectivity index (χ0) is 16.9. The Kier molecular flexibility index (Phi) is 3.27. The van der Waals surface area contributed by atoms with Crippen LogP contribution in [0.15, 0.2) is 59.6 Å². The first kappa shape index (κ1) is 15.0. The summed E-state index contributed by atoms with van der Waals surface area (Å²) in [4.78, 5) is 9.76. The van der Waals surface area contributed by atoms with Crippen LogP contribution in [0, 0.1) is 5.82 Å². The van der Waals surface area contributed by atoms with Gasteiger partial charge in [-0.05, 0) is 49.7 Å². The highest BCUT2D eigenvalue weighted by Crippen LogP contribution is 2.39. The molecule has 2 aromatic carbocycles. The lowest BCUT2D eigenvalue weighted by molar-refractivity contribution is 0.430. The topological polar surface area (TPSA) is 25.2 Å². The molecule has 3 heteroatoms. The first-order valence-corrected chi connectivity index (χ1v) is 8.21. The van der Waals surface area contributed by atoms with E-state index >= 15 is 0 Å². The van der Waals surface area contributed by atoms with E-state index < -0.39 is 0 Å². The minimum absolute atomic E-state index is 0.146. The molecule has 0 saturated heterocycles. The Balaban J connectivity index is 1.95. The van der Waals surface area contributed by atoms with Crippen molar-refractivity contribution in [1.29, 1.82) is 0 Å². The van der Waals surface area contributed by atoms with Gasteiger partial charge in [-0.25, -0.2) is 9.37 Å². The average Bonchev–Trinajstić information content (AvgIpc) is 2.58. The Hall–Kier alpha value is -2.55. The quantitative estimate of drug-likeness (QED) is 0.612. The van der Waals surface area contributed by atoms with Crippen molar-refractivity contribution in [2.24, 2.45) is 4.99 Å². The summed E-state index contributed by atoms with van der Waals surface area (Å²) in [6.45, 7) is 6.28. The zero-order valence-electron chi connectivity index (χ0n) is 14.0. The molecule has 4 rings (SSSR count). The van der Waals surface area contributed by atoms with Crippen LogP contribution in [0.2, 0.25) is 0 Å². The van der Waals surface area contributed by atoms with E-state index in [2.05, 4.69) is 26.8 Å². The predicted octanol–water partition coefficient (Wildman–Crippen LogP) is 5.11. The summed E-state index contributed by atoms with van der Waals surface area (Å²) in [6.07, 6.45) is 0. The lowest BCUT2D eigenvalue weighted by atomic mass is 9.77. The van der Waals surface area contributed by atoms with Crippen LogP contribution in [0.5, 0.6) is 0 Å². The normalized spacial score (nSPS) is 19.0. The molecule has 0 spiro atoms. The summed E-state index contributed by atoms with van der Waals surface area (Å²) in [5, 5.41) is 1.10. The molecule has 0 radical (unpaired) electrons. The molecule has 0 amide bonds. The van der Waals surface area contributed by atoms with Crippen LogP contribution in [-0.2, 0) is 0 Å². The number of fused-ring (bicyclic) bond motifs is 2. The standard InChI is InChI=1S/C21H19FN2/c1-13-17-12-15(22)9-10-16(17)20(24-21(13,2)3)19-11-8-14-6-4-5-7-18(14)23-19/h4-13H,1-3H3. The zero-order valence-corrected chi connectivity index (χ0v) is 14.0. The highest BCUT2D eigenvalue weighted by atomic mass is 19.1. The summed E-state index contributed by atoms with van der Waals surface area (Å²) in [6, 6.07) is 17.1. The Labute approximate surface area is 141 Å². The number of para-hydroxylation sites is 1. The molecule has 0 N–H and O–H groups in total. The van der Waals surface area contributed by atoms with Gasteiger partial charge in [0.15, 0.2) is 0 Å². The molecule has 1 aromatic heterocycles. The lowest BCUT2D eigenvalue weighted by Gasteiger charge is -2.35. The fourth-order valence-corrected chi connectivity index (χ4v) is 3.33. The molecule has 1 unspecified atom stereocenters. The molecule has 2 nitrogen and oxygen atoms in total. The van der Waals surface area contributed by atoms with E-state index in [4.69, 9.17) is 9.98 Å². The van der Waals surface area contributed by atoms with Gasteiger partial charge in [-0.1, -0.05) is 31.2 Å². The number of hydrogen-bond acceptors (Lipinski definition) is 2. The molecule has 0 saturated carbocycles. The maximum atomic E-state index is 13.8. The van der Waals surface area contributed by atoms with E-state index in [1.165, 1.54) is 6.07 Å². The third kappa shape index (κ3) is 2.32. The molecular formula is C21H19FN2. The van der Waals surface area contributed by atoms with Crippen molar-refractivity contribution in [3.05, 3.63) is 77.2 Å². The molecule has 1 atom stereocenters. The van der Waals surface area contributed by atoms with Crippen LogP contribution in [0.25, 0.3) is 10.9 Å². The maximum absolute atomic E-state index is 13.8. The molecule has 3 aromatic rings. The van der Waals surface area contributed by atoms with E-state index in [1.54, 1.807) is 6.07 Å². The first-order valence-electron chi connectivity index (χ1n) is 8.21. The van der Waals surface area contributed by atoms with Crippen molar-refractivity contribution in [3.63, 3.8) is 0 Å². The van der Waals surface area contributed by atoms with Crippen LogP contribution < -0.4 is 0 Å². The second kappa shape index (κ2) is 5.23. The van der Waals surface area contributed by atoms with E-state index in [0.717, 1.165) is 33.4 Å². The van der Waals surface area contributed by atoms with E-state index in [0.29, 0.717) is 0 Å².